The molecule has 0 saturated carbocycles. The van der Waals surface area contributed by atoms with Crippen LogP contribution >= 0.6 is 0 Å². The zero-order valence-corrected chi connectivity index (χ0v) is 20.1. The summed E-state index contributed by atoms with van der Waals surface area (Å²) in [5, 5.41) is 9.34. The van der Waals surface area contributed by atoms with E-state index in [1.807, 2.05) is 86.3 Å². The summed E-state index contributed by atoms with van der Waals surface area (Å²) in [4.78, 5) is 27.4. The highest BCUT2D eigenvalue weighted by Crippen LogP contribution is 2.28. The van der Waals surface area contributed by atoms with Crippen LogP contribution in [0.3, 0.4) is 0 Å². The van der Waals surface area contributed by atoms with Gasteiger partial charge in [-0.1, -0.05) is 31.5 Å². The summed E-state index contributed by atoms with van der Waals surface area (Å²) in [5.41, 5.74) is 0.960. The lowest BCUT2D eigenvalue weighted by Crippen LogP contribution is -2.27. The molecule has 0 aliphatic rings. The van der Waals surface area contributed by atoms with Crippen molar-refractivity contribution in [3.63, 3.8) is 0 Å². The predicted molar refractivity (Wildman–Crippen MR) is 126 cm³/mol. The summed E-state index contributed by atoms with van der Waals surface area (Å²) < 4.78 is 17.3. The van der Waals surface area contributed by atoms with Crippen LogP contribution in [-0.4, -0.2) is 43.0 Å². The molecular weight excluding hydrogens is 412 g/mol. The van der Waals surface area contributed by atoms with Crippen molar-refractivity contribution < 1.29 is 33.7 Å². The van der Waals surface area contributed by atoms with E-state index >= 15 is 0 Å². The van der Waals surface area contributed by atoms with Gasteiger partial charge in [-0.3, -0.25) is 0 Å². The molecule has 7 nitrogen and oxygen atoms in total. The maximum Gasteiger partial charge on any atom is 0.335 e. The average Bonchev–Trinajstić information content (AvgIpc) is 2.77. The molecule has 2 rings (SSSR count). The lowest BCUT2D eigenvalue weighted by Gasteiger charge is -2.23. The minimum absolute atomic E-state index is 0.105. The third-order valence-corrected chi connectivity index (χ3v) is 3.47. The van der Waals surface area contributed by atoms with Crippen LogP contribution in [0.2, 0.25) is 0 Å². The van der Waals surface area contributed by atoms with Gasteiger partial charge in [-0.15, -0.1) is 0 Å². The van der Waals surface area contributed by atoms with E-state index in [2.05, 4.69) is 0 Å². The van der Waals surface area contributed by atoms with Crippen LogP contribution in [0.25, 0.3) is 0 Å². The molecule has 2 aromatic rings. The third kappa shape index (κ3) is 13.2. The largest absolute Gasteiger partial charge is 0.488 e. The zero-order chi connectivity index (χ0) is 25.3. The van der Waals surface area contributed by atoms with Gasteiger partial charge in [0.25, 0.3) is 0 Å². The molecule has 0 fully saturated rings. The van der Waals surface area contributed by atoms with Crippen molar-refractivity contribution in [1.29, 1.82) is 0 Å². The Hall–Kier alpha value is -3.19. The molecule has 2 aromatic carbocycles. The Bertz CT molecular complexity index is 778. The number of rotatable bonds is 7. The second kappa shape index (κ2) is 16.5. The fourth-order valence-electron chi connectivity index (χ4n) is 2.20. The van der Waals surface area contributed by atoms with Gasteiger partial charge in [-0.2, -0.15) is 0 Å². The van der Waals surface area contributed by atoms with Gasteiger partial charge in [0.15, 0.2) is 0 Å². The Labute approximate surface area is 191 Å². The van der Waals surface area contributed by atoms with E-state index in [1.165, 1.54) is 12.1 Å². The highest BCUT2D eigenvalue weighted by molar-refractivity contribution is 5.88. The number of carboxylic acids is 1. The van der Waals surface area contributed by atoms with Gasteiger partial charge in [0.05, 0.1) is 17.8 Å². The van der Waals surface area contributed by atoms with Crippen molar-refractivity contribution in [3.8, 4) is 17.2 Å². The summed E-state index contributed by atoms with van der Waals surface area (Å²) in [6.07, 6.45) is -0.231. The molecule has 0 bridgehead atoms. The zero-order valence-electron chi connectivity index (χ0n) is 20.1. The topological polar surface area (TPSA) is 99.1 Å². The first kappa shape index (κ1) is 31.0. The minimum atomic E-state index is -1.04. The fraction of sp³-hybridized carbons (Fsp3) is 0.400. The van der Waals surface area contributed by atoms with Crippen LogP contribution in [0.4, 0.5) is 0 Å². The van der Waals surface area contributed by atoms with Crippen molar-refractivity contribution in [2.45, 2.75) is 60.2 Å². The number of carboxylic acid groups (broad SMARTS) is 1. The number of aromatic carboxylic acids is 1. The van der Waals surface area contributed by atoms with E-state index in [-0.39, 0.29) is 17.3 Å². The summed E-state index contributed by atoms with van der Waals surface area (Å²) in [5.74, 6) is 0.431. The second-order valence-corrected chi connectivity index (χ2v) is 7.27. The Balaban J connectivity index is 0. The van der Waals surface area contributed by atoms with Crippen LogP contribution in [0, 0.1) is 6.92 Å². The van der Waals surface area contributed by atoms with Gasteiger partial charge < -0.3 is 28.9 Å². The monoisotopic (exact) mass is 448 g/mol. The smallest absolute Gasteiger partial charge is 0.335 e. The first-order valence-electron chi connectivity index (χ1n) is 10.1. The predicted octanol–water partition coefficient (Wildman–Crippen LogP) is 5.72. The van der Waals surface area contributed by atoms with E-state index < -0.39 is 5.97 Å². The quantitative estimate of drug-likeness (QED) is 0.578. The Morgan fingerprint density at radius 1 is 0.938 bits per heavy atom. The van der Waals surface area contributed by atoms with E-state index in [0.717, 1.165) is 5.56 Å². The van der Waals surface area contributed by atoms with Crippen LogP contribution in [0.1, 0.15) is 57.5 Å². The normalized spacial score (nSPS) is 10.6. The second-order valence-electron chi connectivity index (χ2n) is 7.27. The maximum atomic E-state index is 11.4. The summed E-state index contributed by atoms with van der Waals surface area (Å²) in [6, 6.07) is 12.2. The molecule has 1 unspecified atom stereocenters. The number of carbonyl (C=O) groups excluding carboxylic acids is 2. The summed E-state index contributed by atoms with van der Waals surface area (Å²) in [7, 11) is 0. The number of aryl methyl sites for hydroxylation is 1. The molecular formula is C25H36O7. The van der Waals surface area contributed by atoms with Gasteiger partial charge in [-0.05, 0) is 58.9 Å². The van der Waals surface area contributed by atoms with E-state index in [0.29, 0.717) is 23.9 Å². The molecule has 1 N–H and O–H groups in total. The average molecular weight is 449 g/mol. The molecule has 0 saturated heterocycles. The molecule has 0 aliphatic heterocycles. The van der Waals surface area contributed by atoms with Crippen LogP contribution < -0.4 is 9.47 Å². The van der Waals surface area contributed by atoms with Gasteiger partial charge in [0.1, 0.15) is 36.9 Å². The van der Waals surface area contributed by atoms with Gasteiger partial charge in [0, 0.05) is 6.07 Å². The highest BCUT2D eigenvalue weighted by atomic mass is 16.5. The third-order valence-electron chi connectivity index (χ3n) is 3.47. The number of hydrogen-bond acceptors (Lipinski definition) is 6. The minimum Gasteiger partial charge on any atom is -0.488 e. The van der Waals surface area contributed by atoms with Crippen LogP contribution in [0.5, 0.6) is 17.2 Å². The number of carbonyl (C=O) groups is 3. The summed E-state index contributed by atoms with van der Waals surface area (Å²) >= 11 is 0. The lowest BCUT2D eigenvalue weighted by molar-refractivity contribution is -0.0987. The van der Waals surface area contributed by atoms with Crippen LogP contribution in [0.15, 0.2) is 42.5 Å². The molecule has 0 amide bonds. The molecule has 0 aromatic heterocycles. The van der Waals surface area contributed by atoms with Crippen molar-refractivity contribution >= 4 is 19.5 Å². The van der Waals surface area contributed by atoms with Crippen LogP contribution in [-0.2, 0) is 14.3 Å². The fourth-order valence-corrected chi connectivity index (χ4v) is 2.20. The molecule has 1 atom stereocenters. The molecule has 178 valence electrons. The van der Waals surface area contributed by atoms with Crippen molar-refractivity contribution in [2.24, 2.45) is 0 Å². The Morgan fingerprint density at radius 3 is 1.91 bits per heavy atom. The van der Waals surface area contributed by atoms with E-state index in [9.17, 15) is 9.90 Å². The summed E-state index contributed by atoms with van der Waals surface area (Å²) in [6.45, 7) is 18.2. The Morgan fingerprint density at radius 2 is 1.44 bits per heavy atom. The van der Waals surface area contributed by atoms with Crippen molar-refractivity contribution in [2.75, 3.05) is 6.61 Å². The Kier molecular flexibility index (Phi) is 16.0. The van der Waals surface area contributed by atoms with E-state index in [1.54, 1.807) is 6.07 Å². The molecule has 7 heteroatoms. The molecule has 0 aliphatic carbocycles. The number of benzene rings is 2. The SMILES string of the molecule is C=O.C=O.CC.Cc1ccc(Oc2cc(OC(C)COC(C)(C)C)cc(C(=O)O)c2)cc1. The molecule has 0 radical (unpaired) electrons. The number of ether oxygens (including phenoxy) is 3. The molecule has 0 spiro atoms. The first-order valence-corrected chi connectivity index (χ1v) is 10.1. The van der Waals surface area contributed by atoms with Gasteiger partial charge in [0.2, 0.25) is 0 Å². The number of hydrogen-bond donors (Lipinski definition) is 1. The van der Waals surface area contributed by atoms with Gasteiger partial charge in [-0.25, -0.2) is 4.79 Å². The standard InChI is InChI=1S/C21H26O5.C2H6.2CH2O/c1-14-6-8-17(9-7-14)26-19-11-16(20(22)23)10-18(12-19)25-15(2)13-24-21(3,4)5;3*1-2/h6-12,15H,13H2,1-5H3,(H,22,23);1-2H3;2*1H2. The lowest BCUT2D eigenvalue weighted by atomic mass is 10.2. The highest BCUT2D eigenvalue weighted by Gasteiger charge is 2.15. The maximum absolute atomic E-state index is 11.4. The molecule has 0 heterocycles. The van der Waals surface area contributed by atoms with Gasteiger partial charge >= 0.3 is 5.97 Å². The first-order chi connectivity index (χ1) is 15.1. The van der Waals surface area contributed by atoms with Crippen molar-refractivity contribution in [1.82, 2.24) is 0 Å². The van der Waals surface area contributed by atoms with E-state index in [4.69, 9.17) is 23.8 Å². The molecule has 32 heavy (non-hydrogen) atoms. The van der Waals surface area contributed by atoms with Crippen molar-refractivity contribution in [3.05, 3.63) is 53.6 Å².